The summed E-state index contributed by atoms with van der Waals surface area (Å²) in [5.74, 6) is 0.313. The van der Waals surface area contributed by atoms with Crippen LogP contribution in [0, 0.1) is 0 Å². The summed E-state index contributed by atoms with van der Waals surface area (Å²) in [6.45, 7) is 4.09. The second-order valence-electron chi connectivity index (χ2n) is 5.99. The van der Waals surface area contributed by atoms with Crippen LogP contribution in [0.2, 0.25) is 0 Å². The van der Waals surface area contributed by atoms with Crippen LogP contribution in [0.25, 0.3) is 11.0 Å². The highest BCUT2D eigenvalue weighted by Gasteiger charge is 2.27. The second-order valence-corrected chi connectivity index (χ2v) is 7.00. The predicted octanol–water partition coefficient (Wildman–Crippen LogP) is 2.99. The van der Waals surface area contributed by atoms with Gasteiger partial charge in [-0.2, -0.15) is 5.10 Å². The summed E-state index contributed by atoms with van der Waals surface area (Å²) in [7, 11) is 0. The van der Waals surface area contributed by atoms with Gasteiger partial charge in [-0.15, -0.1) is 10.2 Å². The van der Waals surface area contributed by atoms with Crippen molar-refractivity contribution in [2.24, 2.45) is 0 Å². The van der Waals surface area contributed by atoms with E-state index >= 15 is 0 Å². The minimum absolute atomic E-state index is 0.224. The molecule has 0 radical (unpaired) electrons. The fraction of sp³-hybridized carbons (Fsp3) is 0.400. The number of anilines is 1. The Labute approximate surface area is 136 Å². The molecule has 0 aromatic carbocycles. The maximum atomic E-state index is 12.4. The lowest BCUT2D eigenvalue weighted by molar-refractivity contribution is 0.102. The van der Waals surface area contributed by atoms with E-state index in [9.17, 15) is 4.79 Å². The Hall–Kier alpha value is -2.35. The third-order valence-electron chi connectivity index (χ3n) is 3.77. The molecular formula is C15H16N6OS. The molecule has 0 saturated heterocycles. The van der Waals surface area contributed by atoms with Gasteiger partial charge >= 0.3 is 0 Å². The van der Waals surface area contributed by atoms with Gasteiger partial charge in [0.2, 0.25) is 5.13 Å². The largest absolute Gasteiger partial charge is 0.296 e. The summed E-state index contributed by atoms with van der Waals surface area (Å²) in [4.78, 5) is 16.7. The zero-order valence-electron chi connectivity index (χ0n) is 12.9. The average Bonchev–Trinajstić information content (AvgIpc) is 3.12. The summed E-state index contributed by atoms with van der Waals surface area (Å²) in [5, 5.41) is 17.7. The molecule has 1 aliphatic carbocycles. The van der Waals surface area contributed by atoms with Crippen LogP contribution in [0.1, 0.15) is 54.0 Å². The van der Waals surface area contributed by atoms with E-state index in [4.69, 9.17) is 0 Å². The SMILES string of the molecule is CC(C)n1ncc2cc(C(=O)Nc3nnc(C4CC4)s3)cnc21. The van der Waals surface area contributed by atoms with E-state index < -0.39 is 0 Å². The van der Waals surface area contributed by atoms with E-state index in [1.807, 2.05) is 18.5 Å². The zero-order chi connectivity index (χ0) is 16.0. The Kier molecular flexibility index (Phi) is 3.33. The molecule has 1 amide bonds. The van der Waals surface area contributed by atoms with Gasteiger partial charge in [-0.1, -0.05) is 11.3 Å². The molecule has 1 saturated carbocycles. The molecule has 23 heavy (non-hydrogen) atoms. The number of rotatable bonds is 4. The van der Waals surface area contributed by atoms with E-state index in [1.165, 1.54) is 24.2 Å². The van der Waals surface area contributed by atoms with Crippen molar-refractivity contribution in [3.63, 3.8) is 0 Å². The predicted molar refractivity (Wildman–Crippen MR) is 87.8 cm³/mol. The molecule has 3 heterocycles. The van der Waals surface area contributed by atoms with E-state index in [1.54, 1.807) is 18.5 Å². The molecule has 4 rings (SSSR count). The molecule has 0 spiro atoms. The van der Waals surface area contributed by atoms with Crippen LogP contribution >= 0.6 is 11.3 Å². The molecule has 3 aromatic heterocycles. The first-order chi connectivity index (χ1) is 11.1. The molecule has 3 aromatic rings. The quantitative estimate of drug-likeness (QED) is 0.795. The van der Waals surface area contributed by atoms with Gasteiger partial charge in [0.15, 0.2) is 5.65 Å². The lowest BCUT2D eigenvalue weighted by Gasteiger charge is -2.06. The van der Waals surface area contributed by atoms with Crippen molar-refractivity contribution < 1.29 is 4.79 Å². The van der Waals surface area contributed by atoms with E-state index in [-0.39, 0.29) is 11.9 Å². The topological polar surface area (TPSA) is 85.6 Å². The van der Waals surface area contributed by atoms with Gasteiger partial charge in [-0.3, -0.25) is 10.1 Å². The van der Waals surface area contributed by atoms with Crippen molar-refractivity contribution in [2.45, 2.75) is 38.6 Å². The van der Waals surface area contributed by atoms with Gasteiger partial charge in [-0.05, 0) is 32.8 Å². The van der Waals surface area contributed by atoms with Crippen LogP contribution in [0.5, 0.6) is 0 Å². The Morgan fingerprint density at radius 3 is 2.91 bits per heavy atom. The van der Waals surface area contributed by atoms with Crippen molar-refractivity contribution in [3.05, 3.63) is 29.0 Å². The van der Waals surface area contributed by atoms with Gasteiger partial charge in [0, 0.05) is 23.5 Å². The van der Waals surface area contributed by atoms with Crippen LogP contribution in [0.3, 0.4) is 0 Å². The van der Waals surface area contributed by atoms with Crippen LogP contribution in [0.4, 0.5) is 5.13 Å². The summed E-state index contributed by atoms with van der Waals surface area (Å²) < 4.78 is 1.84. The van der Waals surface area contributed by atoms with Crippen molar-refractivity contribution in [1.29, 1.82) is 0 Å². The highest BCUT2D eigenvalue weighted by Crippen LogP contribution is 2.42. The first kappa shape index (κ1) is 14.3. The molecule has 0 aliphatic heterocycles. The Morgan fingerprint density at radius 2 is 2.17 bits per heavy atom. The Morgan fingerprint density at radius 1 is 1.35 bits per heavy atom. The van der Waals surface area contributed by atoms with Crippen LogP contribution in [-0.4, -0.2) is 30.9 Å². The minimum Gasteiger partial charge on any atom is -0.296 e. The lowest BCUT2D eigenvalue weighted by atomic mass is 10.2. The highest BCUT2D eigenvalue weighted by molar-refractivity contribution is 7.15. The monoisotopic (exact) mass is 328 g/mol. The Balaban J connectivity index is 1.56. The molecule has 0 unspecified atom stereocenters. The normalized spacial score (nSPS) is 14.6. The molecule has 7 nitrogen and oxygen atoms in total. The van der Waals surface area contributed by atoms with Gasteiger partial charge in [0.1, 0.15) is 5.01 Å². The van der Waals surface area contributed by atoms with Gasteiger partial charge in [-0.25, -0.2) is 9.67 Å². The van der Waals surface area contributed by atoms with Crippen LogP contribution in [-0.2, 0) is 0 Å². The third kappa shape index (κ3) is 2.70. The number of carbonyl (C=O) groups excluding carboxylic acids is 1. The summed E-state index contributed by atoms with van der Waals surface area (Å²) >= 11 is 1.45. The molecule has 0 bridgehead atoms. The molecule has 1 fully saturated rings. The molecule has 1 aliphatic rings. The maximum Gasteiger partial charge on any atom is 0.259 e. The van der Waals surface area contributed by atoms with Crippen LogP contribution < -0.4 is 5.32 Å². The number of hydrogen-bond donors (Lipinski definition) is 1. The number of pyridine rings is 1. The fourth-order valence-corrected chi connectivity index (χ4v) is 3.30. The first-order valence-corrected chi connectivity index (χ1v) is 8.41. The minimum atomic E-state index is -0.227. The molecule has 0 atom stereocenters. The fourth-order valence-electron chi connectivity index (χ4n) is 2.39. The van der Waals surface area contributed by atoms with Crippen molar-refractivity contribution >= 4 is 33.4 Å². The molecular weight excluding hydrogens is 312 g/mol. The smallest absolute Gasteiger partial charge is 0.259 e. The van der Waals surface area contributed by atoms with E-state index in [0.717, 1.165) is 16.0 Å². The summed E-state index contributed by atoms with van der Waals surface area (Å²) in [6.07, 6.45) is 5.64. The van der Waals surface area contributed by atoms with Crippen molar-refractivity contribution in [1.82, 2.24) is 25.0 Å². The molecule has 1 N–H and O–H groups in total. The van der Waals surface area contributed by atoms with E-state index in [0.29, 0.717) is 16.6 Å². The number of carbonyl (C=O) groups is 1. The van der Waals surface area contributed by atoms with Gasteiger partial charge in [0.05, 0.1) is 11.8 Å². The van der Waals surface area contributed by atoms with Crippen molar-refractivity contribution in [2.75, 3.05) is 5.32 Å². The average molecular weight is 328 g/mol. The number of nitrogens with one attached hydrogen (secondary N) is 1. The summed E-state index contributed by atoms with van der Waals surface area (Å²) in [6, 6.07) is 2.02. The first-order valence-electron chi connectivity index (χ1n) is 7.60. The number of fused-ring (bicyclic) bond motifs is 1. The highest BCUT2D eigenvalue weighted by atomic mass is 32.1. The molecule has 118 valence electrons. The Bertz CT molecular complexity index is 879. The van der Waals surface area contributed by atoms with Crippen molar-refractivity contribution in [3.8, 4) is 0 Å². The van der Waals surface area contributed by atoms with Gasteiger partial charge < -0.3 is 0 Å². The second kappa shape index (κ2) is 5.38. The maximum absolute atomic E-state index is 12.4. The number of amides is 1. The van der Waals surface area contributed by atoms with Gasteiger partial charge in [0.25, 0.3) is 5.91 Å². The number of nitrogens with zero attached hydrogens (tertiary/aromatic N) is 5. The summed E-state index contributed by atoms with van der Waals surface area (Å²) in [5.41, 5.74) is 1.27. The van der Waals surface area contributed by atoms with Crippen LogP contribution in [0.15, 0.2) is 18.5 Å². The molecule has 8 heteroatoms. The third-order valence-corrected chi connectivity index (χ3v) is 4.77. The number of hydrogen-bond acceptors (Lipinski definition) is 6. The standard InChI is InChI=1S/C15H16N6OS/c1-8(2)21-12-10(7-17-21)5-11(6-16-12)13(22)18-15-20-19-14(23-15)9-3-4-9/h5-9H,3-4H2,1-2H3,(H,18,20,22). The lowest BCUT2D eigenvalue weighted by Crippen LogP contribution is -2.12. The zero-order valence-corrected chi connectivity index (χ0v) is 13.7. The van der Waals surface area contributed by atoms with E-state index in [2.05, 4.69) is 25.6 Å². The number of aromatic nitrogens is 5.